The third kappa shape index (κ3) is 9.90. The number of amides is 3. The molecular formula is C38H42N4O6. The Morgan fingerprint density at radius 2 is 1.46 bits per heavy atom. The summed E-state index contributed by atoms with van der Waals surface area (Å²) in [6.07, 6.45) is 0.155. The van der Waals surface area contributed by atoms with Crippen molar-refractivity contribution in [1.29, 1.82) is 0 Å². The van der Waals surface area contributed by atoms with E-state index in [1.165, 1.54) is 7.11 Å². The van der Waals surface area contributed by atoms with Crippen molar-refractivity contribution in [2.45, 2.75) is 43.5 Å². The standard InChI is InChI=1S/C38H42N4O6/c1-46-38(45)42-35(34(29-16-7-3-8-17-29)30-18-9-4-10-19-30)36(43)41-33-20-12-11-15-28(33)21-22-32-24-39-31(25-47-32)26-48-37(44)40-23-27-13-5-2-6-14-27/h2-20,31-32,34-35,39H,21-26H2,1H3,(H,40,44)(H,41,43)(H,42,45)/t31-,32+,35-/m0/s1. The topological polar surface area (TPSA) is 127 Å². The Morgan fingerprint density at radius 1 is 0.833 bits per heavy atom. The van der Waals surface area contributed by atoms with Crippen molar-refractivity contribution < 1.29 is 28.6 Å². The number of aryl methyl sites for hydroxylation is 1. The van der Waals surface area contributed by atoms with Gasteiger partial charge in [0, 0.05) is 24.7 Å². The predicted octanol–water partition coefficient (Wildman–Crippen LogP) is 5.40. The molecule has 1 aliphatic heterocycles. The summed E-state index contributed by atoms with van der Waals surface area (Å²) in [6, 6.07) is 35.5. The van der Waals surface area contributed by atoms with Gasteiger partial charge in [0.2, 0.25) is 5.91 Å². The molecule has 4 N–H and O–H groups in total. The van der Waals surface area contributed by atoms with Gasteiger partial charge in [0.15, 0.2) is 0 Å². The number of ether oxygens (including phenoxy) is 3. The predicted molar refractivity (Wildman–Crippen MR) is 184 cm³/mol. The van der Waals surface area contributed by atoms with Gasteiger partial charge in [-0.05, 0) is 41.2 Å². The Labute approximate surface area is 281 Å². The maximum atomic E-state index is 14.0. The summed E-state index contributed by atoms with van der Waals surface area (Å²) in [5, 5.41) is 12.0. The summed E-state index contributed by atoms with van der Waals surface area (Å²) in [7, 11) is 1.28. The maximum Gasteiger partial charge on any atom is 0.407 e. The average Bonchev–Trinajstić information content (AvgIpc) is 3.14. The molecular weight excluding hydrogens is 608 g/mol. The van der Waals surface area contributed by atoms with Crippen LogP contribution in [0.2, 0.25) is 0 Å². The largest absolute Gasteiger partial charge is 0.453 e. The number of carbonyl (C=O) groups excluding carboxylic acids is 3. The number of carbonyl (C=O) groups is 3. The van der Waals surface area contributed by atoms with Gasteiger partial charge in [0.05, 0.1) is 25.9 Å². The monoisotopic (exact) mass is 650 g/mol. The molecule has 10 heteroatoms. The highest BCUT2D eigenvalue weighted by molar-refractivity contribution is 5.98. The zero-order chi connectivity index (χ0) is 33.6. The van der Waals surface area contributed by atoms with E-state index in [-0.39, 0.29) is 24.7 Å². The maximum absolute atomic E-state index is 14.0. The number of methoxy groups -OCH3 is 1. The van der Waals surface area contributed by atoms with E-state index >= 15 is 0 Å². The molecule has 4 aromatic carbocycles. The van der Waals surface area contributed by atoms with E-state index in [1.54, 1.807) is 0 Å². The molecule has 0 spiro atoms. The van der Waals surface area contributed by atoms with Crippen LogP contribution in [0.1, 0.15) is 34.6 Å². The first-order chi connectivity index (χ1) is 23.5. The van der Waals surface area contributed by atoms with Crippen molar-refractivity contribution in [2.24, 2.45) is 0 Å². The van der Waals surface area contributed by atoms with Crippen molar-refractivity contribution in [1.82, 2.24) is 16.0 Å². The minimum absolute atomic E-state index is 0.0498. The fourth-order valence-electron chi connectivity index (χ4n) is 5.73. The molecule has 48 heavy (non-hydrogen) atoms. The van der Waals surface area contributed by atoms with Crippen LogP contribution in [0, 0.1) is 0 Å². The van der Waals surface area contributed by atoms with E-state index in [2.05, 4.69) is 21.3 Å². The van der Waals surface area contributed by atoms with Crippen molar-refractivity contribution in [2.75, 3.05) is 32.2 Å². The van der Waals surface area contributed by atoms with Gasteiger partial charge in [-0.3, -0.25) is 4.79 Å². The Bertz CT molecular complexity index is 1560. The number of benzene rings is 4. The Hall–Kier alpha value is -5.19. The van der Waals surface area contributed by atoms with Crippen LogP contribution < -0.4 is 21.3 Å². The van der Waals surface area contributed by atoms with Crippen LogP contribution in [0.4, 0.5) is 15.3 Å². The minimum Gasteiger partial charge on any atom is -0.453 e. The lowest BCUT2D eigenvalue weighted by Gasteiger charge is -2.30. The SMILES string of the molecule is COC(=O)N[C@H](C(=O)Nc1ccccc1CC[C@@H]1CN[C@H](COC(=O)NCc2ccccc2)CO1)C(c1ccccc1)c1ccccc1. The molecule has 0 saturated carbocycles. The second-order valence-corrected chi connectivity index (χ2v) is 11.6. The van der Waals surface area contributed by atoms with E-state index < -0.39 is 24.1 Å². The molecule has 1 heterocycles. The summed E-state index contributed by atoms with van der Waals surface area (Å²) < 4.78 is 16.4. The average molecular weight is 651 g/mol. The minimum atomic E-state index is -0.958. The molecule has 3 amide bonds. The molecule has 0 aliphatic carbocycles. The highest BCUT2D eigenvalue weighted by Gasteiger charge is 2.33. The summed E-state index contributed by atoms with van der Waals surface area (Å²) >= 11 is 0. The lowest BCUT2D eigenvalue weighted by molar-refractivity contribution is -0.118. The third-order valence-corrected chi connectivity index (χ3v) is 8.27. The summed E-state index contributed by atoms with van der Waals surface area (Å²) in [4.78, 5) is 38.6. The number of para-hydroxylation sites is 1. The number of morpholine rings is 1. The first-order valence-corrected chi connectivity index (χ1v) is 16.1. The van der Waals surface area contributed by atoms with Crippen molar-refractivity contribution >= 4 is 23.8 Å². The molecule has 1 aliphatic rings. The lowest BCUT2D eigenvalue weighted by atomic mass is 9.84. The first-order valence-electron chi connectivity index (χ1n) is 16.1. The van der Waals surface area contributed by atoms with Crippen LogP contribution in [0.5, 0.6) is 0 Å². The van der Waals surface area contributed by atoms with Crippen LogP contribution in [0.15, 0.2) is 115 Å². The van der Waals surface area contributed by atoms with E-state index in [4.69, 9.17) is 14.2 Å². The van der Waals surface area contributed by atoms with Crippen LogP contribution in [0.3, 0.4) is 0 Å². The molecule has 0 aromatic heterocycles. The molecule has 1 fully saturated rings. The van der Waals surface area contributed by atoms with Crippen molar-refractivity contribution in [3.05, 3.63) is 138 Å². The number of anilines is 1. The highest BCUT2D eigenvalue weighted by Crippen LogP contribution is 2.30. The van der Waals surface area contributed by atoms with Crippen LogP contribution >= 0.6 is 0 Å². The van der Waals surface area contributed by atoms with Gasteiger partial charge in [-0.1, -0.05) is 109 Å². The Balaban J connectivity index is 1.17. The van der Waals surface area contributed by atoms with E-state index in [0.717, 1.165) is 22.3 Å². The number of hydrogen-bond acceptors (Lipinski definition) is 7. The van der Waals surface area contributed by atoms with Crippen LogP contribution in [-0.4, -0.2) is 63.1 Å². The normalized spacial score (nSPS) is 16.4. The molecule has 0 radical (unpaired) electrons. The summed E-state index contributed by atoms with van der Waals surface area (Å²) in [5.74, 6) is -0.830. The van der Waals surface area contributed by atoms with Gasteiger partial charge in [0.25, 0.3) is 0 Å². The first kappa shape index (κ1) is 34.2. The zero-order valence-corrected chi connectivity index (χ0v) is 27.0. The van der Waals surface area contributed by atoms with Gasteiger partial charge in [0.1, 0.15) is 12.6 Å². The van der Waals surface area contributed by atoms with Gasteiger partial charge in [-0.2, -0.15) is 0 Å². The van der Waals surface area contributed by atoms with E-state index in [0.29, 0.717) is 38.2 Å². The lowest BCUT2D eigenvalue weighted by Crippen LogP contribution is -2.49. The molecule has 4 aromatic rings. The number of alkyl carbamates (subject to hydrolysis) is 2. The van der Waals surface area contributed by atoms with E-state index in [9.17, 15) is 14.4 Å². The number of nitrogens with one attached hydrogen (secondary N) is 4. The molecule has 3 atom stereocenters. The van der Waals surface area contributed by atoms with Crippen molar-refractivity contribution in [3.8, 4) is 0 Å². The molecule has 0 bridgehead atoms. The van der Waals surface area contributed by atoms with Gasteiger partial charge >= 0.3 is 12.2 Å². The molecule has 1 saturated heterocycles. The Kier molecular flexibility index (Phi) is 12.6. The van der Waals surface area contributed by atoms with Crippen LogP contribution in [0.25, 0.3) is 0 Å². The third-order valence-electron chi connectivity index (χ3n) is 8.27. The molecule has 250 valence electrons. The smallest absolute Gasteiger partial charge is 0.407 e. The second kappa shape index (κ2) is 17.7. The van der Waals surface area contributed by atoms with Crippen molar-refractivity contribution in [3.63, 3.8) is 0 Å². The van der Waals surface area contributed by atoms with Crippen LogP contribution in [-0.2, 0) is 32.0 Å². The fourth-order valence-corrected chi connectivity index (χ4v) is 5.73. The zero-order valence-electron chi connectivity index (χ0n) is 27.0. The van der Waals surface area contributed by atoms with Gasteiger partial charge < -0.3 is 35.5 Å². The quantitative estimate of drug-likeness (QED) is 0.153. The molecule has 0 unspecified atom stereocenters. The summed E-state index contributed by atoms with van der Waals surface area (Å²) in [6.45, 7) is 1.63. The fraction of sp³-hybridized carbons (Fsp3) is 0.289. The number of rotatable bonds is 13. The highest BCUT2D eigenvalue weighted by atomic mass is 16.6. The molecule has 10 nitrogen and oxygen atoms in total. The summed E-state index contributed by atoms with van der Waals surface area (Å²) in [5.41, 5.74) is 4.37. The molecule has 5 rings (SSSR count). The van der Waals surface area contributed by atoms with Gasteiger partial charge in [-0.15, -0.1) is 0 Å². The number of hydrogen-bond donors (Lipinski definition) is 4. The Morgan fingerprint density at radius 3 is 2.08 bits per heavy atom. The second-order valence-electron chi connectivity index (χ2n) is 11.6. The van der Waals surface area contributed by atoms with Gasteiger partial charge in [-0.25, -0.2) is 9.59 Å². The van der Waals surface area contributed by atoms with E-state index in [1.807, 2.05) is 115 Å².